The summed E-state index contributed by atoms with van der Waals surface area (Å²) in [5.41, 5.74) is 24.5. The summed E-state index contributed by atoms with van der Waals surface area (Å²) in [6.07, 6.45) is 0. The van der Waals surface area contributed by atoms with E-state index in [-0.39, 0.29) is 6.71 Å². The first kappa shape index (κ1) is 38.8. The molecule has 0 unspecified atom stereocenters. The van der Waals surface area contributed by atoms with Gasteiger partial charge in [0.2, 0.25) is 0 Å². The van der Waals surface area contributed by atoms with E-state index in [2.05, 4.69) is 258 Å². The molecule has 0 fully saturated rings. The summed E-state index contributed by atoms with van der Waals surface area (Å²) in [6.45, 7) is -0.157. The molecule has 0 spiro atoms. The normalized spacial score (nSPS) is 13.7. The number of furan rings is 1. The van der Waals surface area contributed by atoms with Crippen LogP contribution in [0.5, 0.6) is 0 Å². The first-order valence-electron chi connectivity index (χ1n) is 24.7. The lowest BCUT2D eigenvalue weighted by atomic mass is 9.33. The van der Waals surface area contributed by atoms with Crippen LogP contribution in [0.3, 0.4) is 0 Å². The molecule has 1 aliphatic carbocycles. The highest BCUT2D eigenvalue weighted by Crippen LogP contribution is 2.59. The van der Waals surface area contributed by atoms with Crippen LogP contribution in [0.1, 0.15) is 22.3 Å². The fourth-order valence-corrected chi connectivity index (χ4v) is 13.3. The number of nitrogens with zero attached hydrogens (tertiary/aromatic N) is 2. The molecule has 2 aromatic heterocycles. The number of aromatic nitrogens is 1. The summed E-state index contributed by atoms with van der Waals surface area (Å²) < 4.78 is 9.52. The van der Waals surface area contributed by atoms with Crippen molar-refractivity contribution in [3.05, 3.63) is 271 Å². The Hall–Kier alpha value is -9.12. The Morgan fingerprint density at radius 3 is 1.75 bits per heavy atom. The quantitative estimate of drug-likeness (QED) is 0.161. The van der Waals surface area contributed by atoms with Crippen molar-refractivity contribution >= 4 is 83.9 Å². The average molecular weight is 901 g/mol. The second-order valence-electron chi connectivity index (χ2n) is 19.4. The topological polar surface area (TPSA) is 21.3 Å². The molecule has 11 aromatic carbocycles. The maximum Gasteiger partial charge on any atom is 0.252 e. The molecular weight excluding hydrogens is 860 g/mol. The third kappa shape index (κ3) is 5.13. The summed E-state index contributed by atoms with van der Waals surface area (Å²) in [5, 5.41) is 4.78. The van der Waals surface area contributed by atoms with Gasteiger partial charge in [-0.25, -0.2) is 0 Å². The molecule has 0 N–H and O–H groups in total. The maximum atomic E-state index is 6.89. The fourth-order valence-electron chi connectivity index (χ4n) is 13.3. The molecule has 0 saturated carbocycles. The monoisotopic (exact) mass is 900 g/mol. The van der Waals surface area contributed by atoms with E-state index in [9.17, 15) is 0 Å². The predicted molar refractivity (Wildman–Crippen MR) is 296 cm³/mol. The molecular formula is C67H41BN2O. The van der Waals surface area contributed by atoms with E-state index in [4.69, 9.17) is 4.42 Å². The molecule has 0 amide bonds. The van der Waals surface area contributed by atoms with Crippen LogP contribution < -0.4 is 21.3 Å². The predicted octanol–water partition coefficient (Wildman–Crippen LogP) is 15.0. The van der Waals surface area contributed by atoms with E-state index >= 15 is 0 Å². The lowest BCUT2D eigenvalue weighted by Gasteiger charge is -2.42. The SMILES string of the molecule is c1ccc(-c2cc3c4c(c2)-n2c5ccccc5c5c6c(cc(c52)B4c2cc4oc5ccccc5c4cc2N3c2ccccc2-c2ccccc2)C(c2ccccc2)(c2ccccc2)c2ccccc2-6)cc1. The second-order valence-corrected chi connectivity index (χ2v) is 19.4. The largest absolute Gasteiger partial charge is 0.456 e. The van der Waals surface area contributed by atoms with E-state index < -0.39 is 5.41 Å². The van der Waals surface area contributed by atoms with Gasteiger partial charge >= 0.3 is 0 Å². The van der Waals surface area contributed by atoms with Crippen LogP contribution in [0.15, 0.2) is 253 Å². The number of hydrogen-bond donors (Lipinski definition) is 0. The van der Waals surface area contributed by atoms with Gasteiger partial charge in [-0.05, 0) is 109 Å². The molecule has 2 aliphatic heterocycles. The van der Waals surface area contributed by atoms with Gasteiger partial charge in [-0.2, -0.15) is 0 Å². The third-order valence-electron chi connectivity index (χ3n) is 16.0. The highest BCUT2D eigenvalue weighted by Gasteiger charge is 2.50. The Morgan fingerprint density at radius 1 is 0.380 bits per heavy atom. The summed E-state index contributed by atoms with van der Waals surface area (Å²) in [7, 11) is 0. The van der Waals surface area contributed by atoms with E-state index in [1.54, 1.807) is 0 Å². The van der Waals surface area contributed by atoms with Crippen LogP contribution in [-0.4, -0.2) is 11.3 Å². The zero-order valence-corrected chi connectivity index (χ0v) is 38.6. The maximum absolute atomic E-state index is 6.89. The summed E-state index contributed by atoms with van der Waals surface area (Å²) in [4.78, 5) is 2.58. The van der Waals surface area contributed by atoms with Crippen molar-refractivity contribution in [3.8, 4) is 39.1 Å². The van der Waals surface area contributed by atoms with E-state index in [1.807, 2.05) is 0 Å². The Labute approximate surface area is 411 Å². The molecule has 16 rings (SSSR count). The molecule has 3 nitrogen and oxygen atoms in total. The van der Waals surface area contributed by atoms with Gasteiger partial charge in [0, 0.05) is 44.2 Å². The molecule has 328 valence electrons. The van der Waals surface area contributed by atoms with E-state index in [0.717, 1.165) is 33.3 Å². The van der Waals surface area contributed by atoms with Gasteiger partial charge in [0.15, 0.2) is 0 Å². The zero-order chi connectivity index (χ0) is 46.4. The smallest absolute Gasteiger partial charge is 0.252 e. The van der Waals surface area contributed by atoms with Gasteiger partial charge in [0.1, 0.15) is 11.2 Å². The van der Waals surface area contributed by atoms with Crippen molar-refractivity contribution in [1.82, 2.24) is 4.57 Å². The van der Waals surface area contributed by atoms with Crippen LogP contribution in [0.25, 0.3) is 82.8 Å². The number of anilines is 3. The molecule has 0 atom stereocenters. The summed E-state index contributed by atoms with van der Waals surface area (Å²) in [5.74, 6) is 0. The van der Waals surface area contributed by atoms with Gasteiger partial charge in [-0.3, -0.25) is 0 Å². The number of fused-ring (bicyclic) bond motifs is 14. The molecule has 0 saturated heterocycles. The van der Waals surface area contributed by atoms with Crippen LogP contribution in [0.2, 0.25) is 0 Å². The molecule has 4 heterocycles. The van der Waals surface area contributed by atoms with Crippen LogP contribution in [0, 0.1) is 0 Å². The Morgan fingerprint density at radius 2 is 0.986 bits per heavy atom. The van der Waals surface area contributed by atoms with Gasteiger partial charge in [0.25, 0.3) is 6.71 Å². The molecule has 3 aliphatic rings. The lowest BCUT2D eigenvalue weighted by molar-refractivity contribution is 0.669. The average Bonchev–Trinajstić information content (AvgIpc) is 4.09. The molecule has 0 radical (unpaired) electrons. The van der Waals surface area contributed by atoms with Crippen molar-refractivity contribution in [2.45, 2.75) is 5.41 Å². The van der Waals surface area contributed by atoms with Crippen LogP contribution >= 0.6 is 0 Å². The minimum atomic E-state index is -0.594. The summed E-state index contributed by atoms with van der Waals surface area (Å²) >= 11 is 0. The minimum Gasteiger partial charge on any atom is -0.456 e. The first-order chi connectivity index (χ1) is 35.3. The van der Waals surface area contributed by atoms with Crippen molar-refractivity contribution in [3.63, 3.8) is 0 Å². The van der Waals surface area contributed by atoms with E-state index in [1.165, 1.54) is 105 Å². The second kappa shape index (κ2) is 14.5. The molecule has 71 heavy (non-hydrogen) atoms. The molecule has 0 bridgehead atoms. The number of benzene rings is 11. The van der Waals surface area contributed by atoms with Crippen LogP contribution in [0.4, 0.5) is 17.1 Å². The highest BCUT2D eigenvalue weighted by atomic mass is 16.3. The van der Waals surface area contributed by atoms with Crippen molar-refractivity contribution in [2.24, 2.45) is 0 Å². The van der Waals surface area contributed by atoms with Crippen molar-refractivity contribution in [2.75, 3.05) is 4.90 Å². The van der Waals surface area contributed by atoms with Gasteiger partial charge in [-0.15, -0.1) is 0 Å². The molecule has 4 heteroatoms. The Balaban J connectivity index is 1.12. The fraction of sp³-hybridized carbons (Fsp3) is 0.0149. The number of hydrogen-bond acceptors (Lipinski definition) is 2. The van der Waals surface area contributed by atoms with Crippen LogP contribution in [-0.2, 0) is 5.41 Å². The Bertz CT molecular complexity index is 4310. The van der Waals surface area contributed by atoms with E-state index in [0.29, 0.717) is 0 Å². The van der Waals surface area contributed by atoms with Gasteiger partial charge < -0.3 is 13.9 Å². The zero-order valence-electron chi connectivity index (χ0n) is 38.6. The number of rotatable bonds is 5. The third-order valence-corrected chi connectivity index (χ3v) is 16.0. The highest BCUT2D eigenvalue weighted by molar-refractivity contribution is 7.00. The Kier molecular flexibility index (Phi) is 7.90. The standard InChI is InChI=1S/C67H41BN2O/c1-5-21-42(22-6-1)44-37-59-65-60(38-44)70-57-35-19-15-32-50(57)64-63-49-31-13-17-33-52(49)67(45-25-9-3-10-26-45,46-27-11-4-12-28-46)53(63)40-55(66(64)70)68(65)54-41-62-51(48-30-16-20-36-61(48)71-62)39-58(54)69(59)56-34-18-14-29-47(56)43-23-7-2-8-24-43/h1-41H. The van der Waals surface area contributed by atoms with Gasteiger partial charge in [0.05, 0.1) is 22.1 Å². The number of para-hydroxylation sites is 3. The lowest BCUT2D eigenvalue weighted by Crippen LogP contribution is -2.60. The summed E-state index contributed by atoms with van der Waals surface area (Å²) in [6, 6.07) is 92.5. The minimum absolute atomic E-state index is 0.157. The van der Waals surface area contributed by atoms with Crippen molar-refractivity contribution < 1.29 is 4.42 Å². The first-order valence-corrected chi connectivity index (χ1v) is 24.7. The molecule has 13 aromatic rings. The van der Waals surface area contributed by atoms with Crippen molar-refractivity contribution in [1.29, 1.82) is 0 Å². The van der Waals surface area contributed by atoms with Gasteiger partial charge in [-0.1, -0.05) is 206 Å².